The predicted molar refractivity (Wildman–Crippen MR) is 32.2 cm³/mol. The van der Waals surface area contributed by atoms with E-state index >= 15 is 0 Å². The van der Waals surface area contributed by atoms with Crippen LogP contribution in [0.2, 0.25) is 0 Å². The molecule has 1 aliphatic heterocycles. The van der Waals surface area contributed by atoms with Crippen LogP contribution in [0.3, 0.4) is 0 Å². The Morgan fingerprint density at radius 2 is 2.56 bits per heavy atom. The van der Waals surface area contributed by atoms with Gasteiger partial charge in [-0.2, -0.15) is 0 Å². The minimum absolute atomic E-state index is 0.0116. The Bertz CT molecular complexity index is 110. The van der Waals surface area contributed by atoms with Crippen molar-refractivity contribution in [1.29, 1.82) is 0 Å². The van der Waals surface area contributed by atoms with Crippen LogP contribution in [0.1, 0.15) is 12.8 Å². The Labute approximate surface area is 53.2 Å². The van der Waals surface area contributed by atoms with E-state index in [2.05, 4.69) is 10.6 Å². The summed E-state index contributed by atoms with van der Waals surface area (Å²) in [5, 5.41) is 13.6. The van der Waals surface area contributed by atoms with Crippen molar-refractivity contribution in [3.8, 4) is 0 Å². The quantitative estimate of drug-likeness (QED) is 0.467. The molecule has 1 fully saturated rings. The van der Waals surface area contributed by atoms with Gasteiger partial charge in [0.05, 0.1) is 6.17 Å². The molecular formula is C5H10N2O2. The molecule has 4 nitrogen and oxygen atoms in total. The van der Waals surface area contributed by atoms with Gasteiger partial charge in [-0.1, -0.05) is 0 Å². The van der Waals surface area contributed by atoms with Crippen molar-refractivity contribution in [1.82, 2.24) is 10.6 Å². The highest BCUT2D eigenvalue weighted by Crippen LogP contribution is 2.00. The summed E-state index contributed by atoms with van der Waals surface area (Å²) < 4.78 is 0. The van der Waals surface area contributed by atoms with E-state index in [9.17, 15) is 4.79 Å². The minimum Gasteiger partial charge on any atom is -0.465 e. The zero-order chi connectivity index (χ0) is 6.69. The number of hydrogen-bond donors (Lipinski definition) is 3. The molecule has 0 radical (unpaired) electrons. The van der Waals surface area contributed by atoms with Crippen LogP contribution in [-0.4, -0.2) is 23.9 Å². The van der Waals surface area contributed by atoms with Crippen LogP contribution in [0.4, 0.5) is 4.79 Å². The van der Waals surface area contributed by atoms with E-state index in [0.29, 0.717) is 0 Å². The van der Waals surface area contributed by atoms with Gasteiger partial charge in [0.15, 0.2) is 0 Å². The van der Waals surface area contributed by atoms with Crippen molar-refractivity contribution in [3.05, 3.63) is 0 Å². The van der Waals surface area contributed by atoms with Crippen LogP contribution < -0.4 is 10.6 Å². The molecule has 4 heteroatoms. The third-order valence-electron chi connectivity index (χ3n) is 1.36. The first-order valence-corrected chi connectivity index (χ1v) is 3.02. The summed E-state index contributed by atoms with van der Waals surface area (Å²) in [7, 11) is 0. The first-order valence-electron chi connectivity index (χ1n) is 3.02. The van der Waals surface area contributed by atoms with Crippen molar-refractivity contribution >= 4 is 6.09 Å². The number of carbonyl (C=O) groups is 1. The van der Waals surface area contributed by atoms with Gasteiger partial charge in [-0.15, -0.1) is 0 Å². The summed E-state index contributed by atoms with van der Waals surface area (Å²) >= 11 is 0. The number of hydrogen-bond acceptors (Lipinski definition) is 2. The van der Waals surface area contributed by atoms with Crippen LogP contribution in [0.25, 0.3) is 0 Å². The molecule has 0 aromatic heterocycles. The maximum absolute atomic E-state index is 10.0. The van der Waals surface area contributed by atoms with Crippen molar-refractivity contribution in [2.24, 2.45) is 0 Å². The molecule has 0 saturated carbocycles. The molecule has 0 aliphatic carbocycles. The normalized spacial score (nSPS) is 26.0. The first kappa shape index (κ1) is 6.35. The van der Waals surface area contributed by atoms with Gasteiger partial charge in [-0.3, -0.25) is 5.32 Å². The van der Waals surface area contributed by atoms with Crippen molar-refractivity contribution in [2.75, 3.05) is 6.54 Å². The van der Waals surface area contributed by atoms with Crippen LogP contribution in [0.5, 0.6) is 0 Å². The Morgan fingerprint density at radius 1 is 1.78 bits per heavy atom. The number of nitrogens with one attached hydrogen (secondary N) is 2. The van der Waals surface area contributed by atoms with E-state index in [1.165, 1.54) is 0 Å². The fourth-order valence-electron chi connectivity index (χ4n) is 0.957. The van der Waals surface area contributed by atoms with Crippen LogP contribution in [0.15, 0.2) is 0 Å². The zero-order valence-corrected chi connectivity index (χ0v) is 5.05. The molecule has 1 saturated heterocycles. The molecule has 1 rings (SSSR count). The van der Waals surface area contributed by atoms with Gasteiger partial charge < -0.3 is 10.4 Å². The Kier molecular flexibility index (Phi) is 1.89. The van der Waals surface area contributed by atoms with Crippen LogP contribution in [0, 0.1) is 0 Å². The average molecular weight is 130 g/mol. The second-order valence-electron chi connectivity index (χ2n) is 2.10. The highest BCUT2D eigenvalue weighted by Gasteiger charge is 2.14. The van der Waals surface area contributed by atoms with E-state index in [4.69, 9.17) is 5.11 Å². The van der Waals surface area contributed by atoms with Gasteiger partial charge in [0.1, 0.15) is 0 Å². The van der Waals surface area contributed by atoms with E-state index in [-0.39, 0.29) is 6.17 Å². The monoisotopic (exact) mass is 130 g/mol. The molecule has 1 atom stereocenters. The topological polar surface area (TPSA) is 61.4 Å². The van der Waals surface area contributed by atoms with Gasteiger partial charge in [0, 0.05) is 0 Å². The third-order valence-corrected chi connectivity index (χ3v) is 1.36. The number of amides is 1. The lowest BCUT2D eigenvalue weighted by molar-refractivity contribution is 0.188. The Hall–Kier alpha value is -0.770. The molecule has 3 N–H and O–H groups in total. The first-order chi connectivity index (χ1) is 4.29. The maximum atomic E-state index is 10.0. The molecule has 1 aliphatic rings. The summed E-state index contributed by atoms with van der Waals surface area (Å²) in [5.74, 6) is 0. The molecule has 0 aromatic rings. The second-order valence-corrected chi connectivity index (χ2v) is 2.10. The number of rotatable bonds is 1. The summed E-state index contributed by atoms with van der Waals surface area (Å²) in [5.41, 5.74) is 0. The van der Waals surface area contributed by atoms with Gasteiger partial charge in [0.2, 0.25) is 0 Å². The fraction of sp³-hybridized carbons (Fsp3) is 0.800. The molecule has 1 amide bonds. The zero-order valence-electron chi connectivity index (χ0n) is 5.05. The summed E-state index contributed by atoms with van der Waals surface area (Å²) in [6, 6.07) is 0. The van der Waals surface area contributed by atoms with Crippen molar-refractivity contribution < 1.29 is 9.90 Å². The smallest absolute Gasteiger partial charge is 0.405 e. The van der Waals surface area contributed by atoms with Gasteiger partial charge in [-0.05, 0) is 19.4 Å². The summed E-state index contributed by atoms with van der Waals surface area (Å²) in [6.07, 6.45) is 1.01. The highest BCUT2D eigenvalue weighted by atomic mass is 16.4. The summed E-state index contributed by atoms with van der Waals surface area (Å²) in [4.78, 5) is 10.0. The predicted octanol–water partition coefficient (Wildman–Crippen LogP) is -0.0365. The standard InChI is InChI=1S/C5H10N2O2/c8-5(9)7-4-2-1-3-6-4/h4,6-7H,1-3H2,(H,8,9). The molecular weight excluding hydrogens is 120 g/mol. The molecule has 1 heterocycles. The number of carboxylic acid groups (broad SMARTS) is 1. The van der Waals surface area contributed by atoms with Gasteiger partial charge in [-0.25, -0.2) is 4.79 Å². The van der Waals surface area contributed by atoms with Gasteiger partial charge in [0.25, 0.3) is 0 Å². The largest absolute Gasteiger partial charge is 0.465 e. The minimum atomic E-state index is -0.950. The lowest BCUT2D eigenvalue weighted by Gasteiger charge is -2.07. The molecule has 9 heavy (non-hydrogen) atoms. The average Bonchev–Trinajstić information content (AvgIpc) is 2.15. The molecule has 52 valence electrons. The van der Waals surface area contributed by atoms with Crippen molar-refractivity contribution in [3.63, 3.8) is 0 Å². The Balaban J connectivity index is 2.19. The highest BCUT2D eigenvalue weighted by molar-refractivity contribution is 5.64. The summed E-state index contributed by atoms with van der Waals surface area (Å²) in [6.45, 7) is 0.922. The molecule has 1 unspecified atom stereocenters. The van der Waals surface area contributed by atoms with E-state index in [0.717, 1.165) is 19.4 Å². The van der Waals surface area contributed by atoms with E-state index < -0.39 is 6.09 Å². The SMILES string of the molecule is O=C(O)NC1CCCN1. The Morgan fingerprint density at radius 3 is 3.00 bits per heavy atom. The van der Waals surface area contributed by atoms with Crippen molar-refractivity contribution in [2.45, 2.75) is 19.0 Å². The van der Waals surface area contributed by atoms with E-state index in [1.54, 1.807) is 0 Å². The molecule has 0 spiro atoms. The second kappa shape index (κ2) is 2.68. The van der Waals surface area contributed by atoms with E-state index in [1.807, 2.05) is 0 Å². The third kappa shape index (κ3) is 1.89. The molecule has 0 aromatic carbocycles. The molecule has 0 bridgehead atoms. The maximum Gasteiger partial charge on any atom is 0.405 e. The lowest BCUT2D eigenvalue weighted by atomic mass is 10.3. The van der Waals surface area contributed by atoms with Crippen LogP contribution in [-0.2, 0) is 0 Å². The lowest BCUT2D eigenvalue weighted by Crippen LogP contribution is -2.40. The van der Waals surface area contributed by atoms with Crippen LogP contribution >= 0.6 is 0 Å². The van der Waals surface area contributed by atoms with Gasteiger partial charge >= 0.3 is 6.09 Å². The fourth-order valence-corrected chi connectivity index (χ4v) is 0.957.